The Morgan fingerprint density at radius 1 is 0.315 bits per heavy atom. The molecule has 5 aliphatic rings. The highest BCUT2D eigenvalue weighted by Crippen LogP contribution is 2.44. The minimum atomic E-state index is -1.57. The van der Waals surface area contributed by atoms with Crippen LogP contribution < -0.4 is 9.47 Å². The van der Waals surface area contributed by atoms with Crippen molar-refractivity contribution < 1.29 is 94.7 Å². The summed E-state index contributed by atoms with van der Waals surface area (Å²) >= 11 is 0. The summed E-state index contributed by atoms with van der Waals surface area (Å²) in [6, 6.07) is 104. The molecule has 5 heterocycles. The molecule has 5 aliphatic heterocycles. The smallest absolute Gasteiger partial charge is 0.229 e. The van der Waals surface area contributed by atoms with Crippen LogP contribution in [0.2, 0.25) is 0 Å². The fourth-order valence-electron chi connectivity index (χ4n) is 16.1. The molecule has 124 heavy (non-hydrogen) atoms. The van der Waals surface area contributed by atoms with Gasteiger partial charge in [0.05, 0.1) is 92.5 Å². The monoisotopic (exact) mass is 1680 g/mol. The van der Waals surface area contributed by atoms with E-state index in [1.165, 1.54) is 0 Å². The molecule has 0 amide bonds. The van der Waals surface area contributed by atoms with Gasteiger partial charge in [0.15, 0.2) is 25.2 Å². The number of fused-ring (bicyclic) bond motifs is 1. The number of nitrogens with zero attached hydrogens (tertiary/aromatic N) is 3. The summed E-state index contributed by atoms with van der Waals surface area (Å²) in [5.74, 6) is 1.03. The Kier molecular flexibility index (Phi) is 31.6. The van der Waals surface area contributed by atoms with E-state index < -0.39 is 129 Å². The zero-order valence-electron chi connectivity index (χ0n) is 69.3. The largest absolute Gasteiger partial charge is 0.497 e. The molecule has 5 saturated heterocycles. The number of benzene rings is 11. The number of hydrogen-bond donors (Lipinski definition) is 0. The summed E-state index contributed by atoms with van der Waals surface area (Å²) in [4.78, 5) is 3.67. The van der Waals surface area contributed by atoms with Crippen molar-refractivity contribution >= 4 is 0 Å². The van der Waals surface area contributed by atoms with Crippen molar-refractivity contribution in [1.29, 1.82) is 0 Å². The van der Waals surface area contributed by atoms with E-state index in [-0.39, 0.29) is 79.3 Å². The van der Waals surface area contributed by atoms with E-state index in [0.717, 1.165) is 50.1 Å². The van der Waals surface area contributed by atoms with E-state index in [0.29, 0.717) is 17.1 Å². The lowest BCUT2D eigenvalue weighted by molar-refractivity contribution is -0.408. The van der Waals surface area contributed by atoms with Crippen LogP contribution in [-0.2, 0) is 145 Å². The molecule has 644 valence electrons. The van der Waals surface area contributed by atoms with Gasteiger partial charge >= 0.3 is 0 Å². The van der Waals surface area contributed by atoms with Gasteiger partial charge < -0.3 is 94.7 Å². The average molecular weight is 1680 g/mol. The van der Waals surface area contributed by atoms with Crippen LogP contribution in [0.5, 0.6) is 11.5 Å². The highest BCUT2D eigenvalue weighted by molar-refractivity contribution is 5.32. The number of methoxy groups -OCH3 is 1. The first-order valence-corrected chi connectivity index (χ1v) is 42.4. The van der Waals surface area contributed by atoms with Gasteiger partial charge in [-0.3, -0.25) is 0 Å². The van der Waals surface area contributed by atoms with E-state index >= 15 is 0 Å². The molecule has 23 heteroatoms. The first kappa shape index (κ1) is 87.1. The SMILES string of the molecule is COc1ccc(O[C@@H]2O[C@H](COCc3ccccc3)[C@H](OCc3ccccc3)[C@H](O[C@@H]3O[C@@H]4COC(c5ccccc5)O[C@@H]4[C@H](O[C@@H]4O[C@H](COCc5ccccc5)[C@H](OCc5ccccc5)[C@H](OCc5ccccc5)[C@H]4O[C@@H]4O[C@@H](C)[C@@H](OCc5ccccc5)[C@@H](OCc5ccccc5)[C@@H]4OCc4ccccc4)[C@H]3N=[N+]=[N-])[C@H]2OCc2ccccc2)cc1. The second-order valence-electron chi connectivity index (χ2n) is 31.1. The van der Waals surface area contributed by atoms with E-state index in [2.05, 4.69) is 4.91 Å². The van der Waals surface area contributed by atoms with Crippen LogP contribution >= 0.6 is 0 Å². The Hall–Kier alpha value is -10.4. The van der Waals surface area contributed by atoms with Gasteiger partial charge in [-0.15, -0.1) is 0 Å². The summed E-state index contributed by atoms with van der Waals surface area (Å²) in [5.41, 5.74) is 20.2. The Bertz CT molecular complexity index is 4940. The number of ether oxygens (including phenoxy) is 20. The molecule has 11 aromatic carbocycles. The molecule has 23 nitrogen and oxygen atoms in total. The van der Waals surface area contributed by atoms with E-state index in [1.807, 2.05) is 310 Å². The molecule has 5 fully saturated rings. The van der Waals surface area contributed by atoms with Gasteiger partial charge in [0, 0.05) is 10.5 Å². The van der Waals surface area contributed by atoms with Crippen LogP contribution in [-0.4, -0.2) is 150 Å². The molecule has 0 aliphatic carbocycles. The molecular weight excluding hydrogens is 1580 g/mol. The zero-order chi connectivity index (χ0) is 84.3. The molecule has 0 radical (unpaired) electrons. The fourth-order valence-corrected chi connectivity index (χ4v) is 16.1. The van der Waals surface area contributed by atoms with Gasteiger partial charge in [-0.25, -0.2) is 0 Å². The van der Waals surface area contributed by atoms with Crippen molar-refractivity contribution in [3.05, 3.63) is 394 Å². The molecule has 0 saturated carbocycles. The van der Waals surface area contributed by atoms with Gasteiger partial charge in [0.25, 0.3) is 0 Å². The quantitative estimate of drug-likeness (QED) is 0.0197. The molecular formula is C101H105N3O20. The molecule has 1 unspecified atom stereocenters. The molecule has 0 aromatic heterocycles. The van der Waals surface area contributed by atoms with Crippen molar-refractivity contribution in [3.8, 4) is 11.5 Å². The Morgan fingerprint density at radius 2 is 0.645 bits per heavy atom. The number of rotatable bonds is 40. The molecule has 11 aromatic rings. The minimum Gasteiger partial charge on any atom is -0.497 e. The second kappa shape index (κ2) is 45.0. The summed E-state index contributed by atoms with van der Waals surface area (Å²) in [6.07, 6.45) is -22.8. The molecule has 0 bridgehead atoms. The van der Waals surface area contributed by atoms with Crippen LogP contribution in [0.1, 0.15) is 68.8 Å². The van der Waals surface area contributed by atoms with Crippen molar-refractivity contribution in [3.63, 3.8) is 0 Å². The summed E-state index contributed by atoms with van der Waals surface area (Å²) < 4.78 is 145. The highest BCUT2D eigenvalue weighted by atomic mass is 16.8. The number of azide groups is 1. The predicted octanol–water partition coefficient (Wildman–Crippen LogP) is 17.5. The van der Waals surface area contributed by atoms with Crippen LogP contribution in [0.15, 0.2) is 333 Å². The number of hydrogen-bond acceptors (Lipinski definition) is 21. The van der Waals surface area contributed by atoms with Crippen molar-refractivity contribution in [2.24, 2.45) is 5.11 Å². The first-order chi connectivity index (χ1) is 61.3. The van der Waals surface area contributed by atoms with E-state index in [4.69, 9.17) is 99.9 Å². The molecule has 0 spiro atoms. The van der Waals surface area contributed by atoms with Crippen LogP contribution in [0.25, 0.3) is 10.4 Å². The maximum absolute atomic E-state index is 11.5. The third-order valence-electron chi connectivity index (χ3n) is 22.4. The normalized spacial score (nSPS) is 27.4. The summed E-state index contributed by atoms with van der Waals surface area (Å²) in [6.45, 7) is 2.92. The summed E-state index contributed by atoms with van der Waals surface area (Å²) in [7, 11) is 1.60. The third-order valence-corrected chi connectivity index (χ3v) is 22.4. The highest BCUT2D eigenvalue weighted by Gasteiger charge is 2.60. The van der Waals surface area contributed by atoms with E-state index in [9.17, 15) is 5.53 Å². The lowest BCUT2D eigenvalue weighted by atomic mass is 9.93. The lowest BCUT2D eigenvalue weighted by Gasteiger charge is -2.53. The van der Waals surface area contributed by atoms with Crippen LogP contribution in [0.4, 0.5) is 0 Å². The molecule has 0 N–H and O–H groups in total. The van der Waals surface area contributed by atoms with Crippen molar-refractivity contribution in [1.82, 2.24) is 0 Å². The summed E-state index contributed by atoms with van der Waals surface area (Å²) in [5, 5.41) is 4.75. The first-order valence-electron chi connectivity index (χ1n) is 42.4. The Labute approximate surface area is 723 Å². The van der Waals surface area contributed by atoms with Gasteiger partial charge in [-0.05, 0) is 86.8 Å². The predicted molar refractivity (Wildman–Crippen MR) is 459 cm³/mol. The van der Waals surface area contributed by atoms with Gasteiger partial charge in [0.1, 0.15) is 103 Å². The topological polar surface area (TPSA) is 233 Å². The van der Waals surface area contributed by atoms with E-state index in [1.54, 1.807) is 31.4 Å². The van der Waals surface area contributed by atoms with Gasteiger partial charge in [-0.1, -0.05) is 308 Å². The van der Waals surface area contributed by atoms with Gasteiger partial charge in [0.2, 0.25) is 6.29 Å². The molecule has 16 rings (SSSR count). The van der Waals surface area contributed by atoms with Crippen molar-refractivity contribution in [2.45, 2.75) is 195 Å². The van der Waals surface area contributed by atoms with Crippen LogP contribution in [0, 0.1) is 0 Å². The van der Waals surface area contributed by atoms with Crippen molar-refractivity contribution in [2.75, 3.05) is 26.9 Å². The zero-order valence-corrected chi connectivity index (χ0v) is 69.3. The lowest BCUT2D eigenvalue weighted by Crippen LogP contribution is -2.69. The second-order valence-corrected chi connectivity index (χ2v) is 31.1. The van der Waals surface area contributed by atoms with Crippen LogP contribution in [0.3, 0.4) is 0 Å². The standard InChI is InChI=1S/C101H105N3O20/c1-69-86(108-59-72-37-17-5-18-38-72)91(111-62-75-43-23-8-24-44-75)94(113-64-77-47-27-10-28-48-77)99(116-69)124-96-92(112-63-76-45-25-9-26-46-76)87(109-60-73-39-19-6-20-40-73)82(66-106-57-70-33-13-3-14-34-70)120-101(96)122-90-85(103-104-102)98(118-84-68-115-97(121-89(84)90)79-51-31-12-32-52-79)123-93-88(110-61-74-41-21-7-22-42-74)83(67-107-58-71-35-15-4-16-36-71)119-100(117-81-55-53-80(105-2)54-56-81)95(93)114-65-78-49-29-11-30-50-78/h3-56,69,82-101H,57-68H2,1-2H3/t69-,82+,83+,84+,85+,86+,87-,88-,89-,90+,91+,92-,93-,94-,95+,96+,97?,98-,99-,100+,101-/m0/s1. The minimum absolute atomic E-state index is 0.0323. The Balaban J connectivity index is 0.841. The molecule has 21 atom stereocenters. The maximum atomic E-state index is 11.5. The van der Waals surface area contributed by atoms with Gasteiger partial charge in [-0.2, -0.15) is 0 Å². The third kappa shape index (κ3) is 23.6. The fraction of sp³-hybridized carbons (Fsp3) is 0.347. The average Bonchev–Trinajstić information content (AvgIpc) is 0.748. The maximum Gasteiger partial charge on any atom is 0.229 e. The Morgan fingerprint density at radius 3 is 1.06 bits per heavy atom.